The predicted molar refractivity (Wildman–Crippen MR) is 39.0 cm³/mol. The van der Waals surface area contributed by atoms with Gasteiger partial charge in [-0.1, -0.05) is 6.58 Å². The first-order valence-corrected chi connectivity index (χ1v) is 2.81. The molecule has 0 rings (SSSR count). The maximum Gasteiger partial charge on any atom is 0.0953 e. The van der Waals surface area contributed by atoms with E-state index >= 15 is 0 Å². The highest BCUT2D eigenvalue weighted by Gasteiger charge is 1.92. The normalized spacial score (nSPS) is 9.89. The summed E-state index contributed by atoms with van der Waals surface area (Å²) in [6.07, 6.45) is 3.11. The van der Waals surface area contributed by atoms with Gasteiger partial charge in [-0.25, -0.2) is 0 Å². The number of hydrogen-bond donors (Lipinski definition) is 2. The highest BCUT2D eigenvalue weighted by molar-refractivity contribution is 4.93. The minimum atomic E-state index is 0.513. The Labute approximate surface area is 55.6 Å². The van der Waals surface area contributed by atoms with Crippen LogP contribution in [0.25, 0.3) is 0 Å². The standard InChI is InChI=1S/C6H13N3/c1-3-9(5-4-7)6(2)8/h4-5H,2-3,7-8H2,1H3/b5-4-. The van der Waals surface area contributed by atoms with Gasteiger partial charge in [-0.2, -0.15) is 0 Å². The molecular weight excluding hydrogens is 114 g/mol. The van der Waals surface area contributed by atoms with Gasteiger partial charge in [0, 0.05) is 18.9 Å². The molecule has 0 bridgehead atoms. The fourth-order valence-corrected chi connectivity index (χ4v) is 0.508. The summed E-state index contributed by atoms with van der Waals surface area (Å²) in [5.74, 6) is 0.513. The summed E-state index contributed by atoms with van der Waals surface area (Å²) in [5, 5.41) is 0. The van der Waals surface area contributed by atoms with Crippen molar-refractivity contribution in [3.63, 3.8) is 0 Å². The smallest absolute Gasteiger partial charge is 0.0953 e. The van der Waals surface area contributed by atoms with Crippen molar-refractivity contribution in [2.24, 2.45) is 11.5 Å². The van der Waals surface area contributed by atoms with Gasteiger partial charge in [0.25, 0.3) is 0 Å². The fourth-order valence-electron chi connectivity index (χ4n) is 0.508. The summed E-state index contributed by atoms with van der Waals surface area (Å²) < 4.78 is 0. The second-order valence-electron chi connectivity index (χ2n) is 1.62. The second kappa shape index (κ2) is 3.83. The Kier molecular flexibility index (Phi) is 3.35. The van der Waals surface area contributed by atoms with Gasteiger partial charge in [-0.15, -0.1) is 0 Å². The van der Waals surface area contributed by atoms with Gasteiger partial charge in [-0.3, -0.25) is 0 Å². The van der Waals surface area contributed by atoms with Crippen LogP contribution in [-0.4, -0.2) is 11.4 Å². The van der Waals surface area contributed by atoms with Crippen molar-refractivity contribution in [3.8, 4) is 0 Å². The predicted octanol–water partition coefficient (Wildman–Crippen LogP) is 0.168. The number of rotatable bonds is 3. The molecule has 0 radical (unpaired) electrons. The lowest BCUT2D eigenvalue weighted by molar-refractivity contribution is 0.487. The Morgan fingerprint density at radius 3 is 2.44 bits per heavy atom. The first-order valence-electron chi connectivity index (χ1n) is 2.81. The lowest BCUT2D eigenvalue weighted by Crippen LogP contribution is -2.21. The van der Waals surface area contributed by atoms with E-state index in [0.717, 1.165) is 6.54 Å². The van der Waals surface area contributed by atoms with E-state index in [1.165, 1.54) is 6.20 Å². The Morgan fingerprint density at radius 2 is 2.33 bits per heavy atom. The summed E-state index contributed by atoms with van der Waals surface area (Å²) in [4.78, 5) is 1.75. The van der Waals surface area contributed by atoms with Crippen LogP contribution >= 0.6 is 0 Å². The average Bonchev–Trinajstić information content (AvgIpc) is 1.82. The van der Waals surface area contributed by atoms with Crippen molar-refractivity contribution < 1.29 is 0 Å². The topological polar surface area (TPSA) is 55.3 Å². The van der Waals surface area contributed by atoms with E-state index in [2.05, 4.69) is 6.58 Å². The van der Waals surface area contributed by atoms with Crippen molar-refractivity contribution in [2.75, 3.05) is 6.54 Å². The average molecular weight is 127 g/mol. The van der Waals surface area contributed by atoms with Crippen molar-refractivity contribution >= 4 is 0 Å². The minimum absolute atomic E-state index is 0.513. The molecule has 0 aliphatic heterocycles. The summed E-state index contributed by atoms with van der Waals surface area (Å²) >= 11 is 0. The van der Waals surface area contributed by atoms with Gasteiger partial charge in [0.15, 0.2) is 0 Å². The Morgan fingerprint density at radius 1 is 1.78 bits per heavy atom. The molecular formula is C6H13N3. The van der Waals surface area contributed by atoms with Crippen molar-refractivity contribution in [1.82, 2.24) is 4.90 Å². The summed E-state index contributed by atoms with van der Waals surface area (Å²) in [5.41, 5.74) is 10.5. The van der Waals surface area contributed by atoms with Gasteiger partial charge in [0.05, 0.1) is 5.82 Å². The van der Waals surface area contributed by atoms with Crippen LogP contribution in [-0.2, 0) is 0 Å². The highest BCUT2D eigenvalue weighted by atomic mass is 15.2. The first-order chi connectivity index (χ1) is 4.22. The van der Waals surface area contributed by atoms with Gasteiger partial charge in [0.2, 0.25) is 0 Å². The molecule has 0 spiro atoms. The van der Waals surface area contributed by atoms with Gasteiger partial charge >= 0.3 is 0 Å². The molecule has 0 saturated heterocycles. The van der Waals surface area contributed by atoms with Crippen LogP contribution < -0.4 is 11.5 Å². The molecule has 52 valence electrons. The van der Waals surface area contributed by atoms with E-state index in [9.17, 15) is 0 Å². The molecule has 0 amide bonds. The summed E-state index contributed by atoms with van der Waals surface area (Å²) in [7, 11) is 0. The molecule has 3 heteroatoms. The molecule has 0 fully saturated rings. The van der Waals surface area contributed by atoms with Crippen LogP contribution in [0.4, 0.5) is 0 Å². The van der Waals surface area contributed by atoms with Gasteiger partial charge in [-0.05, 0) is 6.92 Å². The zero-order valence-corrected chi connectivity index (χ0v) is 5.67. The quantitative estimate of drug-likeness (QED) is 0.568. The molecule has 9 heavy (non-hydrogen) atoms. The first kappa shape index (κ1) is 7.88. The van der Waals surface area contributed by atoms with Crippen LogP contribution in [0.1, 0.15) is 6.92 Å². The molecule has 0 aliphatic rings. The SMILES string of the molecule is C=C(N)N(/C=C\N)CC. The van der Waals surface area contributed by atoms with Crippen LogP contribution in [0.2, 0.25) is 0 Å². The molecule has 0 aromatic carbocycles. The minimum Gasteiger partial charge on any atom is -0.403 e. The number of nitrogens with two attached hydrogens (primary N) is 2. The van der Waals surface area contributed by atoms with Crippen LogP contribution in [0.5, 0.6) is 0 Å². The second-order valence-corrected chi connectivity index (χ2v) is 1.62. The third-order valence-electron chi connectivity index (χ3n) is 0.976. The Bertz CT molecular complexity index is 117. The molecule has 0 saturated carbocycles. The van der Waals surface area contributed by atoms with E-state index in [-0.39, 0.29) is 0 Å². The molecule has 0 aromatic heterocycles. The van der Waals surface area contributed by atoms with Crippen LogP contribution in [0.15, 0.2) is 24.8 Å². The third-order valence-corrected chi connectivity index (χ3v) is 0.976. The molecule has 0 atom stereocenters. The molecule has 0 heterocycles. The van der Waals surface area contributed by atoms with E-state index in [1.807, 2.05) is 6.92 Å². The maximum atomic E-state index is 5.36. The summed E-state index contributed by atoms with van der Waals surface area (Å²) in [6.45, 7) is 6.31. The molecule has 3 nitrogen and oxygen atoms in total. The Hall–Kier alpha value is -1.12. The van der Waals surface area contributed by atoms with E-state index in [0.29, 0.717) is 5.82 Å². The number of nitrogens with zero attached hydrogens (tertiary/aromatic N) is 1. The maximum absolute atomic E-state index is 5.36. The third kappa shape index (κ3) is 2.64. The van der Waals surface area contributed by atoms with Crippen molar-refractivity contribution in [3.05, 3.63) is 24.8 Å². The zero-order valence-electron chi connectivity index (χ0n) is 5.67. The fraction of sp³-hybridized carbons (Fsp3) is 0.333. The monoisotopic (exact) mass is 127 g/mol. The lowest BCUT2D eigenvalue weighted by atomic mass is 10.6. The largest absolute Gasteiger partial charge is 0.403 e. The Balaban J connectivity index is 3.83. The molecule has 0 aliphatic carbocycles. The van der Waals surface area contributed by atoms with E-state index in [4.69, 9.17) is 11.5 Å². The molecule has 4 N–H and O–H groups in total. The highest BCUT2D eigenvalue weighted by Crippen LogP contribution is 1.92. The summed E-state index contributed by atoms with van der Waals surface area (Å²) in [6, 6.07) is 0. The van der Waals surface area contributed by atoms with Crippen LogP contribution in [0.3, 0.4) is 0 Å². The van der Waals surface area contributed by atoms with Gasteiger partial charge < -0.3 is 16.4 Å². The molecule has 0 aromatic rings. The van der Waals surface area contributed by atoms with Crippen molar-refractivity contribution in [2.45, 2.75) is 6.92 Å². The van der Waals surface area contributed by atoms with Crippen molar-refractivity contribution in [1.29, 1.82) is 0 Å². The zero-order chi connectivity index (χ0) is 7.28. The van der Waals surface area contributed by atoms with E-state index < -0.39 is 0 Å². The molecule has 0 unspecified atom stereocenters. The van der Waals surface area contributed by atoms with Gasteiger partial charge in [0.1, 0.15) is 0 Å². The number of hydrogen-bond acceptors (Lipinski definition) is 3. The lowest BCUT2D eigenvalue weighted by Gasteiger charge is -2.15. The van der Waals surface area contributed by atoms with Crippen LogP contribution in [0, 0.1) is 0 Å². The van der Waals surface area contributed by atoms with E-state index in [1.54, 1.807) is 11.1 Å².